The van der Waals surface area contributed by atoms with Crippen LogP contribution in [0.5, 0.6) is 0 Å². The van der Waals surface area contributed by atoms with Crippen LogP contribution in [0.15, 0.2) is 16.7 Å². The third-order valence-electron chi connectivity index (χ3n) is 1.03. The molecule has 9 heavy (non-hydrogen) atoms. The second kappa shape index (κ2) is 2.44. The van der Waals surface area contributed by atoms with Crippen molar-refractivity contribution < 1.29 is 13.6 Å². The number of halogens is 1. The lowest BCUT2D eigenvalue weighted by molar-refractivity contribution is 0.112. The highest BCUT2D eigenvalue weighted by molar-refractivity contribution is 5.75. The Hall–Kier alpha value is -1.12. The number of furan rings is 1. The van der Waals surface area contributed by atoms with Gasteiger partial charge in [-0.3, -0.25) is 4.79 Å². The van der Waals surface area contributed by atoms with Crippen molar-refractivity contribution in [1.82, 2.24) is 0 Å². The lowest BCUT2D eigenvalue weighted by Gasteiger charge is -1.83. The Balaban J connectivity index is 2.98. The summed E-state index contributed by atoms with van der Waals surface area (Å²) < 4.78 is 16.4. The maximum absolute atomic E-state index is 11.8. The van der Waals surface area contributed by atoms with Gasteiger partial charge in [-0.25, -0.2) is 4.39 Å². The van der Waals surface area contributed by atoms with Crippen molar-refractivity contribution in [2.24, 2.45) is 0 Å². The molecule has 0 fully saturated rings. The van der Waals surface area contributed by atoms with E-state index in [1.54, 1.807) is 0 Å². The molecule has 0 saturated carbocycles. The summed E-state index contributed by atoms with van der Waals surface area (Å²) in [6.45, 7) is -0.721. The summed E-state index contributed by atoms with van der Waals surface area (Å²) in [4.78, 5) is 10.0. The zero-order chi connectivity index (χ0) is 6.69. The van der Waals surface area contributed by atoms with E-state index < -0.39 is 6.67 Å². The number of hydrogen-bond acceptors (Lipinski definition) is 2. The minimum Gasteiger partial charge on any atom is -0.466 e. The van der Waals surface area contributed by atoms with Crippen LogP contribution in [0.2, 0.25) is 0 Å². The molecule has 0 aliphatic heterocycles. The van der Waals surface area contributed by atoms with Gasteiger partial charge in [0.2, 0.25) is 0 Å². The van der Waals surface area contributed by atoms with E-state index >= 15 is 0 Å². The van der Waals surface area contributed by atoms with Crippen LogP contribution in [0.3, 0.4) is 0 Å². The summed E-state index contributed by atoms with van der Waals surface area (Å²) in [5.74, 6) is 0.102. The van der Waals surface area contributed by atoms with Gasteiger partial charge in [0.15, 0.2) is 6.29 Å². The number of aldehydes is 1. The molecule has 0 spiro atoms. The first kappa shape index (κ1) is 6.01. The summed E-state index contributed by atoms with van der Waals surface area (Å²) in [6.07, 6.45) is 1.86. The standard InChI is InChI=1S/C6H5FO2/c7-3-6-5(4-8)1-2-9-6/h1-2,4H,3H2. The number of rotatable bonds is 2. The van der Waals surface area contributed by atoms with E-state index in [1.165, 1.54) is 12.3 Å². The van der Waals surface area contributed by atoms with Crippen LogP contribution in [0.25, 0.3) is 0 Å². The second-order valence-electron chi connectivity index (χ2n) is 1.55. The van der Waals surface area contributed by atoms with Gasteiger partial charge in [-0.2, -0.15) is 0 Å². The minimum absolute atomic E-state index is 0.102. The van der Waals surface area contributed by atoms with Crippen molar-refractivity contribution >= 4 is 6.29 Å². The summed E-state index contributed by atoms with van der Waals surface area (Å²) in [5, 5.41) is 0. The molecular formula is C6H5FO2. The van der Waals surface area contributed by atoms with Crippen molar-refractivity contribution in [3.05, 3.63) is 23.7 Å². The van der Waals surface area contributed by atoms with E-state index in [0.717, 1.165) is 0 Å². The van der Waals surface area contributed by atoms with Gasteiger partial charge in [0.05, 0.1) is 11.8 Å². The molecule has 0 atom stereocenters. The molecule has 2 nitrogen and oxygen atoms in total. The van der Waals surface area contributed by atoms with Gasteiger partial charge in [0.25, 0.3) is 0 Å². The molecule has 0 N–H and O–H groups in total. The molecule has 0 amide bonds. The molecule has 1 heterocycles. The molecule has 1 rings (SSSR count). The van der Waals surface area contributed by atoms with Gasteiger partial charge >= 0.3 is 0 Å². The van der Waals surface area contributed by atoms with E-state index in [1.807, 2.05) is 0 Å². The highest BCUT2D eigenvalue weighted by Crippen LogP contribution is 2.08. The number of alkyl halides is 1. The van der Waals surface area contributed by atoms with E-state index in [4.69, 9.17) is 0 Å². The minimum atomic E-state index is -0.721. The van der Waals surface area contributed by atoms with Crippen molar-refractivity contribution in [3.8, 4) is 0 Å². The molecule has 0 unspecified atom stereocenters. The smallest absolute Gasteiger partial charge is 0.153 e. The molecule has 0 aromatic carbocycles. The van der Waals surface area contributed by atoms with Gasteiger partial charge in [-0.05, 0) is 6.07 Å². The monoisotopic (exact) mass is 128 g/mol. The fourth-order valence-corrected chi connectivity index (χ4v) is 0.564. The van der Waals surface area contributed by atoms with Crippen LogP contribution >= 0.6 is 0 Å². The molecule has 0 bridgehead atoms. The van der Waals surface area contributed by atoms with Crippen molar-refractivity contribution in [3.63, 3.8) is 0 Å². The topological polar surface area (TPSA) is 30.2 Å². The summed E-state index contributed by atoms with van der Waals surface area (Å²) >= 11 is 0. The first-order valence-corrected chi connectivity index (χ1v) is 2.46. The first-order valence-electron chi connectivity index (χ1n) is 2.46. The number of hydrogen-bond donors (Lipinski definition) is 0. The average molecular weight is 128 g/mol. The highest BCUT2D eigenvalue weighted by atomic mass is 19.1. The SMILES string of the molecule is O=Cc1ccoc1CF. The zero-order valence-electron chi connectivity index (χ0n) is 4.63. The second-order valence-corrected chi connectivity index (χ2v) is 1.55. The molecule has 0 aliphatic carbocycles. The third kappa shape index (κ3) is 0.988. The van der Waals surface area contributed by atoms with Crippen LogP contribution in [0.4, 0.5) is 4.39 Å². The fourth-order valence-electron chi connectivity index (χ4n) is 0.564. The lowest BCUT2D eigenvalue weighted by Crippen LogP contribution is -1.80. The quantitative estimate of drug-likeness (QED) is 0.566. The maximum atomic E-state index is 11.8. The third-order valence-corrected chi connectivity index (χ3v) is 1.03. The molecule has 1 aromatic rings. The predicted octanol–water partition coefficient (Wildman–Crippen LogP) is 1.56. The molecule has 48 valence electrons. The van der Waals surface area contributed by atoms with Crippen LogP contribution in [-0.2, 0) is 6.67 Å². The Bertz CT molecular complexity index is 205. The van der Waals surface area contributed by atoms with Gasteiger partial charge in [0.1, 0.15) is 12.4 Å². The van der Waals surface area contributed by atoms with Crippen molar-refractivity contribution in [1.29, 1.82) is 0 Å². The summed E-state index contributed by atoms with van der Waals surface area (Å²) in [7, 11) is 0. The Kier molecular flexibility index (Phi) is 1.63. The van der Waals surface area contributed by atoms with E-state index in [2.05, 4.69) is 4.42 Å². The number of carbonyl (C=O) groups is 1. The van der Waals surface area contributed by atoms with Crippen molar-refractivity contribution in [2.75, 3.05) is 0 Å². The maximum Gasteiger partial charge on any atom is 0.153 e. The van der Waals surface area contributed by atoms with E-state index in [9.17, 15) is 9.18 Å². The van der Waals surface area contributed by atoms with Crippen LogP contribution in [0.1, 0.15) is 16.1 Å². The van der Waals surface area contributed by atoms with Gasteiger partial charge in [-0.1, -0.05) is 0 Å². The van der Waals surface area contributed by atoms with Gasteiger partial charge in [-0.15, -0.1) is 0 Å². The summed E-state index contributed by atoms with van der Waals surface area (Å²) in [5.41, 5.74) is 0.289. The summed E-state index contributed by atoms with van der Waals surface area (Å²) in [6, 6.07) is 1.43. The molecule has 0 saturated heterocycles. The van der Waals surface area contributed by atoms with Crippen LogP contribution in [0, 0.1) is 0 Å². The van der Waals surface area contributed by atoms with Crippen molar-refractivity contribution in [2.45, 2.75) is 6.67 Å². The molecular weight excluding hydrogens is 123 g/mol. The molecule has 0 aliphatic rings. The Morgan fingerprint density at radius 3 is 3.00 bits per heavy atom. The average Bonchev–Trinajstić information content (AvgIpc) is 2.33. The zero-order valence-corrected chi connectivity index (χ0v) is 4.63. The van der Waals surface area contributed by atoms with Crippen LogP contribution < -0.4 is 0 Å². The van der Waals surface area contributed by atoms with E-state index in [-0.39, 0.29) is 11.3 Å². The largest absolute Gasteiger partial charge is 0.466 e. The molecule has 0 radical (unpaired) electrons. The highest BCUT2D eigenvalue weighted by Gasteiger charge is 2.02. The molecule has 3 heteroatoms. The normalized spacial score (nSPS) is 9.44. The predicted molar refractivity (Wildman–Crippen MR) is 28.9 cm³/mol. The van der Waals surface area contributed by atoms with E-state index in [0.29, 0.717) is 6.29 Å². The Labute approximate surface area is 51.3 Å². The Morgan fingerprint density at radius 1 is 1.78 bits per heavy atom. The van der Waals surface area contributed by atoms with Crippen LogP contribution in [-0.4, -0.2) is 6.29 Å². The fraction of sp³-hybridized carbons (Fsp3) is 0.167. The lowest BCUT2D eigenvalue weighted by atomic mass is 10.3. The molecule has 1 aromatic heterocycles. The Morgan fingerprint density at radius 2 is 2.56 bits per heavy atom. The van der Waals surface area contributed by atoms with Gasteiger partial charge in [0, 0.05) is 0 Å². The first-order chi connectivity index (χ1) is 4.38. The number of carbonyl (C=O) groups excluding carboxylic acids is 1. The van der Waals surface area contributed by atoms with Gasteiger partial charge < -0.3 is 4.42 Å².